The van der Waals surface area contributed by atoms with Gasteiger partial charge in [0.1, 0.15) is 0 Å². The minimum absolute atomic E-state index is 0.342. The van der Waals surface area contributed by atoms with Crippen molar-refractivity contribution < 1.29 is 5.11 Å². The van der Waals surface area contributed by atoms with E-state index in [-0.39, 0.29) is 0 Å². The van der Waals surface area contributed by atoms with Crippen LogP contribution in [0.1, 0.15) is 26.2 Å². The summed E-state index contributed by atoms with van der Waals surface area (Å²) in [5, 5.41) is 9.05. The van der Waals surface area contributed by atoms with E-state index < -0.39 is 0 Å². The van der Waals surface area contributed by atoms with Crippen LogP contribution in [0.25, 0.3) is 0 Å². The highest BCUT2D eigenvalue weighted by molar-refractivity contribution is 4.96. The van der Waals surface area contributed by atoms with Crippen LogP contribution in [0.4, 0.5) is 0 Å². The summed E-state index contributed by atoms with van der Waals surface area (Å²) in [6.45, 7) is 9.75. The molecule has 1 aliphatic heterocycles. The number of aliphatic hydroxyl groups is 1. The van der Waals surface area contributed by atoms with Gasteiger partial charge in [-0.2, -0.15) is 0 Å². The molecule has 0 aliphatic carbocycles. The summed E-state index contributed by atoms with van der Waals surface area (Å²) in [7, 11) is 0. The highest BCUT2D eigenvalue weighted by atomic mass is 16.3. The highest BCUT2D eigenvalue weighted by Crippen LogP contribution is 2.16. The molecule has 0 saturated carbocycles. The molecule has 0 aromatic carbocycles. The van der Waals surface area contributed by atoms with Crippen molar-refractivity contribution in [2.24, 2.45) is 5.92 Å². The zero-order valence-electron chi connectivity index (χ0n) is 8.63. The van der Waals surface area contributed by atoms with Gasteiger partial charge in [0.25, 0.3) is 0 Å². The summed E-state index contributed by atoms with van der Waals surface area (Å²) in [6.07, 6.45) is 3.48. The van der Waals surface area contributed by atoms with Crippen LogP contribution in [0.5, 0.6) is 0 Å². The molecule has 2 heteroatoms. The van der Waals surface area contributed by atoms with Crippen molar-refractivity contribution in [2.75, 3.05) is 26.2 Å². The first-order valence-electron chi connectivity index (χ1n) is 5.26. The predicted molar refractivity (Wildman–Crippen MR) is 55.7 cm³/mol. The Morgan fingerprint density at radius 1 is 1.62 bits per heavy atom. The van der Waals surface area contributed by atoms with Crippen LogP contribution in [0, 0.1) is 5.92 Å². The van der Waals surface area contributed by atoms with Gasteiger partial charge in [-0.1, -0.05) is 19.1 Å². The molecule has 0 aromatic rings. The fourth-order valence-corrected chi connectivity index (χ4v) is 1.87. The third-order valence-electron chi connectivity index (χ3n) is 2.81. The van der Waals surface area contributed by atoms with E-state index in [1.165, 1.54) is 25.0 Å². The molecule has 76 valence electrons. The topological polar surface area (TPSA) is 23.5 Å². The van der Waals surface area contributed by atoms with E-state index in [1.54, 1.807) is 0 Å². The van der Waals surface area contributed by atoms with E-state index in [0.717, 1.165) is 19.5 Å². The molecule has 1 rings (SSSR count). The van der Waals surface area contributed by atoms with Crippen molar-refractivity contribution in [3.63, 3.8) is 0 Å². The maximum atomic E-state index is 9.05. The highest BCUT2D eigenvalue weighted by Gasteiger charge is 2.18. The molecular formula is C11H21NO. The van der Waals surface area contributed by atoms with Crippen LogP contribution < -0.4 is 0 Å². The average molecular weight is 183 g/mol. The van der Waals surface area contributed by atoms with Crippen LogP contribution in [0.2, 0.25) is 0 Å². The van der Waals surface area contributed by atoms with Gasteiger partial charge in [-0.15, -0.1) is 0 Å². The van der Waals surface area contributed by atoms with E-state index in [9.17, 15) is 0 Å². The molecule has 1 heterocycles. The number of rotatable bonds is 4. The molecule has 0 spiro atoms. The Hall–Kier alpha value is -0.340. The number of aliphatic hydroxyl groups excluding tert-OH is 1. The summed E-state index contributed by atoms with van der Waals surface area (Å²) >= 11 is 0. The van der Waals surface area contributed by atoms with Gasteiger partial charge in [0.2, 0.25) is 0 Å². The fraction of sp³-hybridized carbons (Fsp3) is 0.818. The first-order chi connectivity index (χ1) is 6.26. The molecule has 0 aromatic heterocycles. The van der Waals surface area contributed by atoms with Crippen molar-refractivity contribution >= 4 is 0 Å². The summed E-state index contributed by atoms with van der Waals surface area (Å²) in [5.74, 6) is 0.499. The lowest BCUT2D eigenvalue weighted by Crippen LogP contribution is -2.37. The number of likely N-dealkylation sites (tertiary alicyclic amines) is 1. The normalized spacial score (nSPS) is 24.6. The van der Waals surface area contributed by atoms with E-state index >= 15 is 0 Å². The summed E-state index contributed by atoms with van der Waals surface area (Å²) < 4.78 is 0. The standard InChI is InChI=1S/C11H21NO/c1-3-10(2)7-12-6-4-5-11(8-12)9-13/h11,13H,2-9H2,1H3. The Bertz CT molecular complexity index is 167. The summed E-state index contributed by atoms with van der Waals surface area (Å²) in [4.78, 5) is 2.41. The first kappa shape index (κ1) is 10.7. The number of hydrogen-bond donors (Lipinski definition) is 1. The van der Waals surface area contributed by atoms with Gasteiger partial charge in [0, 0.05) is 19.7 Å². The zero-order valence-corrected chi connectivity index (χ0v) is 8.63. The Labute approximate surface area is 81.2 Å². The quantitative estimate of drug-likeness (QED) is 0.670. The lowest BCUT2D eigenvalue weighted by molar-refractivity contribution is 0.127. The molecule has 1 unspecified atom stereocenters. The van der Waals surface area contributed by atoms with Crippen LogP contribution in [0.3, 0.4) is 0 Å². The van der Waals surface area contributed by atoms with Gasteiger partial charge in [0.05, 0.1) is 0 Å². The van der Waals surface area contributed by atoms with Crippen molar-refractivity contribution in [1.82, 2.24) is 4.90 Å². The monoisotopic (exact) mass is 183 g/mol. The van der Waals surface area contributed by atoms with Crippen LogP contribution in [0.15, 0.2) is 12.2 Å². The van der Waals surface area contributed by atoms with Crippen molar-refractivity contribution in [3.8, 4) is 0 Å². The second kappa shape index (κ2) is 5.40. The Kier molecular flexibility index (Phi) is 4.46. The van der Waals surface area contributed by atoms with E-state index in [0.29, 0.717) is 12.5 Å². The average Bonchev–Trinajstić information content (AvgIpc) is 2.18. The van der Waals surface area contributed by atoms with Gasteiger partial charge in [-0.3, -0.25) is 4.90 Å². The molecule has 2 nitrogen and oxygen atoms in total. The van der Waals surface area contributed by atoms with E-state index in [2.05, 4.69) is 18.4 Å². The molecule has 0 bridgehead atoms. The maximum absolute atomic E-state index is 9.05. The van der Waals surface area contributed by atoms with Crippen LogP contribution in [-0.4, -0.2) is 36.2 Å². The number of nitrogens with zero attached hydrogens (tertiary/aromatic N) is 1. The van der Waals surface area contributed by atoms with Gasteiger partial charge in [0.15, 0.2) is 0 Å². The number of piperidine rings is 1. The summed E-state index contributed by atoms with van der Waals surface area (Å²) in [6, 6.07) is 0. The first-order valence-corrected chi connectivity index (χ1v) is 5.26. The molecule has 1 atom stereocenters. The number of hydrogen-bond acceptors (Lipinski definition) is 2. The smallest absolute Gasteiger partial charge is 0.0471 e. The molecule has 0 amide bonds. The Balaban J connectivity index is 2.29. The van der Waals surface area contributed by atoms with Crippen molar-refractivity contribution in [3.05, 3.63) is 12.2 Å². The molecule has 0 radical (unpaired) electrons. The molecule has 1 saturated heterocycles. The largest absolute Gasteiger partial charge is 0.396 e. The predicted octanol–water partition coefficient (Wildman–Crippen LogP) is 1.66. The minimum Gasteiger partial charge on any atom is -0.396 e. The van der Waals surface area contributed by atoms with E-state index in [4.69, 9.17) is 5.11 Å². The van der Waals surface area contributed by atoms with Crippen LogP contribution >= 0.6 is 0 Å². The van der Waals surface area contributed by atoms with E-state index in [1.807, 2.05) is 0 Å². The summed E-state index contributed by atoms with van der Waals surface area (Å²) in [5.41, 5.74) is 1.30. The van der Waals surface area contributed by atoms with Gasteiger partial charge in [-0.25, -0.2) is 0 Å². The Morgan fingerprint density at radius 3 is 3.00 bits per heavy atom. The maximum Gasteiger partial charge on any atom is 0.0471 e. The lowest BCUT2D eigenvalue weighted by atomic mass is 9.98. The third kappa shape index (κ3) is 3.49. The molecule has 1 N–H and O–H groups in total. The van der Waals surface area contributed by atoms with Crippen molar-refractivity contribution in [2.45, 2.75) is 26.2 Å². The van der Waals surface area contributed by atoms with Gasteiger partial charge < -0.3 is 5.11 Å². The van der Waals surface area contributed by atoms with Crippen LogP contribution in [-0.2, 0) is 0 Å². The van der Waals surface area contributed by atoms with Gasteiger partial charge in [-0.05, 0) is 31.7 Å². The van der Waals surface area contributed by atoms with Gasteiger partial charge >= 0.3 is 0 Å². The second-order valence-electron chi connectivity index (χ2n) is 4.03. The Morgan fingerprint density at radius 2 is 2.38 bits per heavy atom. The minimum atomic E-state index is 0.342. The molecular weight excluding hydrogens is 162 g/mol. The molecule has 1 aliphatic rings. The second-order valence-corrected chi connectivity index (χ2v) is 4.03. The lowest BCUT2D eigenvalue weighted by Gasteiger charge is -2.32. The molecule has 1 fully saturated rings. The SMILES string of the molecule is C=C(CC)CN1CCCC(CO)C1. The fourth-order valence-electron chi connectivity index (χ4n) is 1.87. The van der Waals surface area contributed by atoms with Crippen molar-refractivity contribution in [1.29, 1.82) is 0 Å². The molecule has 13 heavy (non-hydrogen) atoms. The third-order valence-corrected chi connectivity index (χ3v) is 2.81. The zero-order chi connectivity index (χ0) is 9.68.